The van der Waals surface area contributed by atoms with Crippen LogP contribution in [0, 0.1) is 0 Å². The third-order valence-corrected chi connectivity index (χ3v) is 1.16. The van der Waals surface area contributed by atoms with Gasteiger partial charge in [-0.05, 0) is 0 Å². The van der Waals surface area contributed by atoms with Gasteiger partial charge in [0, 0.05) is 25.9 Å². The van der Waals surface area contributed by atoms with Crippen LogP contribution >= 0.6 is 24.8 Å². The van der Waals surface area contributed by atoms with Crippen molar-refractivity contribution < 1.29 is 4.79 Å². The Hall–Kier alpha value is 0.210. The standard InChI is InChI=1S/C5H9NO.2ClH/c7-5-1-3-6-4-2-5;;/h6H,1-4H2;2*1H. The van der Waals surface area contributed by atoms with Crippen LogP contribution in [-0.2, 0) is 4.79 Å². The Labute approximate surface area is 67.2 Å². The molecular formula is C5H11Cl2NO. The van der Waals surface area contributed by atoms with Gasteiger partial charge in [0.1, 0.15) is 5.78 Å². The first-order valence-electron chi connectivity index (χ1n) is 2.62. The number of hydrogen-bond donors (Lipinski definition) is 1. The van der Waals surface area contributed by atoms with Gasteiger partial charge in [-0.25, -0.2) is 0 Å². The van der Waals surface area contributed by atoms with Crippen LogP contribution in [0.2, 0.25) is 0 Å². The molecular weight excluding hydrogens is 161 g/mol. The van der Waals surface area contributed by atoms with E-state index in [1.807, 2.05) is 0 Å². The van der Waals surface area contributed by atoms with E-state index >= 15 is 0 Å². The molecule has 2 nitrogen and oxygen atoms in total. The summed E-state index contributed by atoms with van der Waals surface area (Å²) in [4.78, 5) is 10.4. The van der Waals surface area contributed by atoms with Gasteiger partial charge in [0.2, 0.25) is 0 Å². The number of piperidine rings is 1. The molecule has 1 aliphatic rings. The summed E-state index contributed by atoms with van der Waals surface area (Å²) in [6.45, 7) is 1.78. The van der Waals surface area contributed by atoms with Crippen LogP contribution in [0.15, 0.2) is 0 Å². The molecule has 1 rings (SSSR count). The van der Waals surface area contributed by atoms with E-state index in [2.05, 4.69) is 5.32 Å². The molecule has 0 radical (unpaired) electrons. The summed E-state index contributed by atoms with van der Waals surface area (Å²) in [7, 11) is 0. The molecule has 0 aromatic heterocycles. The smallest absolute Gasteiger partial charge is 0.135 e. The first kappa shape index (κ1) is 11.9. The van der Waals surface area contributed by atoms with Crippen molar-refractivity contribution in [2.45, 2.75) is 12.8 Å². The summed E-state index contributed by atoms with van der Waals surface area (Å²) >= 11 is 0. The summed E-state index contributed by atoms with van der Waals surface area (Å²) < 4.78 is 0. The number of nitrogens with one attached hydrogen (secondary N) is 1. The number of carbonyl (C=O) groups excluding carboxylic acids is 1. The van der Waals surface area contributed by atoms with Gasteiger partial charge in [0.25, 0.3) is 0 Å². The maximum absolute atomic E-state index is 10.4. The molecule has 0 spiro atoms. The lowest BCUT2D eigenvalue weighted by atomic mass is 10.1. The second kappa shape index (κ2) is 6.33. The summed E-state index contributed by atoms with van der Waals surface area (Å²) in [6.07, 6.45) is 1.47. The molecule has 0 aliphatic carbocycles. The lowest BCUT2D eigenvalue weighted by Gasteiger charge is -2.08. The minimum atomic E-state index is 0. The van der Waals surface area contributed by atoms with Crippen molar-refractivity contribution >= 4 is 30.6 Å². The van der Waals surface area contributed by atoms with E-state index in [0.717, 1.165) is 25.9 Å². The van der Waals surface area contributed by atoms with Crippen molar-refractivity contribution in [2.75, 3.05) is 13.1 Å². The Kier molecular flexibility index (Phi) is 8.40. The average Bonchev–Trinajstić information content (AvgIpc) is 1.69. The van der Waals surface area contributed by atoms with Crippen LogP contribution in [0.25, 0.3) is 0 Å². The van der Waals surface area contributed by atoms with Gasteiger partial charge < -0.3 is 5.32 Å². The van der Waals surface area contributed by atoms with E-state index in [9.17, 15) is 4.79 Å². The number of rotatable bonds is 0. The Balaban J connectivity index is 0. The first-order chi connectivity index (χ1) is 3.39. The van der Waals surface area contributed by atoms with Crippen molar-refractivity contribution in [2.24, 2.45) is 0 Å². The molecule has 4 heteroatoms. The monoisotopic (exact) mass is 171 g/mol. The molecule has 0 bridgehead atoms. The Morgan fingerprint density at radius 3 is 1.78 bits per heavy atom. The highest BCUT2D eigenvalue weighted by Gasteiger charge is 2.04. The minimum Gasteiger partial charge on any atom is -0.316 e. The second-order valence-electron chi connectivity index (χ2n) is 1.79. The fraction of sp³-hybridized carbons (Fsp3) is 0.800. The number of ketones is 1. The number of carbonyl (C=O) groups is 1. The summed E-state index contributed by atoms with van der Waals surface area (Å²) in [5, 5.41) is 3.09. The van der Waals surface area contributed by atoms with Gasteiger partial charge in [-0.2, -0.15) is 0 Å². The van der Waals surface area contributed by atoms with Gasteiger partial charge in [-0.3, -0.25) is 4.79 Å². The predicted octanol–water partition coefficient (Wildman–Crippen LogP) is 0.782. The summed E-state index contributed by atoms with van der Waals surface area (Å²) in [5.41, 5.74) is 0. The maximum Gasteiger partial charge on any atom is 0.135 e. The maximum atomic E-state index is 10.4. The molecule has 0 atom stereocenters. The average molecular weight is 172 g/mol. The van der Waals surface area contributed by atoms with Crippen LogP contribution in [0.4, 0.5) is 0 Å². The number of Topliss-reactive ketones (excluding diaryl/α,β-unsaturated/α-hetero) is 1. The van der Waals surface area contributed by atoms with Crippen LogP contribution in [0.5, 0.6) is 0 Å². The normalized spacial score (nSPS) is 17.6. The highest BCUT2D eigenvalue weighted by Crippen LogP contribution is 1.91. The van der Waals surface area contributed by atoms with E-state index in [1.54, 1.807) is 0 Å². The third-order valence-electron chi connectivity index (χ3n) is 1.16. The molecule has 1 heterocycles. The fourth-order valence-corrected chi connectivity index (χ4v) is 0.706. The summed E-state index contributed by atoms with van der Waals surface area (Å²) in [6, 6.07) is 0. The molecule has 9 heavy (non-hydrogen) atoms. The molecule has 0 saturated carbocycles. The number of halogens is 2. The van der Waals surface area contributed by atoms with Crippen molar-refractivity contribution in [1.82, 2.24) is 5.32 Å². The predicted molar refractivity (Wildman–Crippen MR) is 41.6 cm³/mol. The van der Waals surface area contributed by atoms with Crippen LogP contribution in [0.1, 0.15) is 12.8 Å². The van der Waals surface area contributed by atoms with E-state index in [-0.39, 0.29) is 24.8 Å². The minimum absolute atomic E-state index is 0. The van der Waals surface area contributed by atoms with Crippen molar-refractivity contribution in [3.8, 4) is 0 Å². The van der Waals surface area contributed by atoms with E-state index in [1.165, 1.54) is 0 Å². The van der Waals surface area contributed by atoms with E-state index in [4.69, 9.17) is 0 Å². The van der Waals surface area contributed by atoms with Crippen molar-refractivity contribution in [3.63, 3.8) is 0 Å². The molecule has 56 valence electrons. The van der Waals surface area contributed by atoms with Gasteiger partial charge in [0.15, 0.2) is 0 Å². The van der Waals surface area contributed by atoms with Crippen molar-refractivity contribution in [1.29, 1.82) is 0 Å². The van der Waals surface area contributed by atoms with Crippen molar-refractivity contribution in [3.05, 3.63) is 0 Å². The lowest BCUT2D eigenvalue weighted by Crippen LogP contribution is -2.27. The van der Waals surface area contributed by atoms with Crippen LogP contribution in [0.3, 0.4) is 0 Å². The Morgan fingerprint density at radius 1 is 1.11 bits per heavy atom. The molecule has 1 fully saturated rings. The van der Waals surface area contributed by atoms with Crippen LogP contribution in [-0.4, -0.2) is 18.9 Å². The number of hydrogen-bond acceptors (Lipinski definition) is 2. The molecule has 1 N–H and O–H groups in total. The topological polar surface area (TPSA) is 29.1 Å². The van der Waals surface area contributed by atoms with E-state index in [0.29, 0.717) is 5.78 Å². The Morgan fingerprint density at radius 2 is 1.56 bits per heavy atom. The zero-order valence-electron chi connectivity index (χ0n) is 5.05. The lowest BCUT2D eigenvalue weighted by molar-refractivity contribution is -0.119. The van der Waals surface area contributed by atoms with Gasteiger partial charge in [0.05, 0.1) is 0 Å². The highest BCUT2D eigenvalue weighted by molar-refractivity contribution is 5.85. The zero-order chi connectivity index (χ0) is 5.11. The summed E-state index contributed by atoms with van der Waals surface area (Å²) in [5.74, 6) is 0.402. The van der Waals surface area contributed by atoms with E-state index < -0.39 is 0 Å². The molecule has 0 aromatic rings. The quantitative estimate of drug-likeness (QED) is 0.585. The molecule has 0 aromatic carbocycles. The van der Waals surface area contributed by atoms with Gasteiger partial charge in [-0.1, -0.05) is 0 Å². The van der Waals surface area contributed by atoms with Gasteiger partial charge in [-0.15, -0.1) is 24.8 Å². The molecule has 0 unspecified atom stereocenters. The van der Waals surface area contributed by atoms with Crippen LogP contribution < -0.4 is 5.32 Å². The first-order valence-corrected chi connectivity index (χ1v) is 2.62. The van der Waals surface area contributed by atoms with Gasteiger partial charge >= 0.3 is 0 Å². The Bertz CT molecular complexity index is 79.0. The molecule has 1 saturated heterocycles. The fourth-order valence-electron chi connectivity index (χ4n) is 0.706. The molecule has 0 amide bonds. The second-order valence-corrected chi connectivity index (χ2v) is 1.79. The zero-order valence-corrected chi connectivity index (χ0v) is 6.69. The SMILES string of the molecule is Cl.Cl.O=C1CCNCC1. The highest BCUT2D eigenvalue weighted by atomic mass is 35.5. The third kappa shape index (κ3) is 4.70. The largest absolute Gasteiger partial charge is 0.316 e. The molecule has 1 aliphatic heterocycles.